The Morgan fingerprint density at radius 3 is 2.80 bits per heavy atom. The van der Waals surface area contributed by atoms with Crippen LogP contribution in [0, 0.1) is 0 Å². The lowest BCUT2D eigenvalue weighted by atomic mass is 10.2. The van der Waals surface area contributed by atoms with Crippen molar-refractivity contribution >= 4 is 11.6 Å². The Balaban J connectivity index is 1.75. The van der Waals surface area contributed by atoms with Crippen molar-refractivity contribution in [3.8, 4) is 0 Å². The van der Waals surface area contributed by atoms with Crippen molar-refractivity contribution < 1.29 is 0 Å². The van der Waals surface area contributed by atoms with Crippen molar-refractivity contribution in [3.05, 3.63) is 53.1 Å². The van der Waals surface area contributed by atoms with E-state index >= 15 is 0 Å². The molecule has 1 fully saturated rings. The highest BCUT2D eigenvalue weighted by Crippen LogP contribution is 2.31. The van der Waals surface area contributed by atoms with Gasteiger partial charge in [0.1, 0.15) is 0 Å². The fourth-order valence-electron chi connectivity index (χ4n) is 2.57. The standard InChI is InChI=1S/C16H20ClN3/c1-2-19-12-18-9-15(19)11-20(14-7-8-14)10-13-5-3-4-6-16(13)17/h3-6,9,12,14H,2,7-8,10-11H2,1H3. The first-order chi connectivity index (χ1) is 9.78. The predicted molar refractivity (Wildman–Crippen MR) is 81.6 cm³/mol. The first-order valence-electron chi connectivity index (χ1n) is 7.24. The molecular weight excluding hydrogens is 270 g/mol. The summed E-state index contributed by atoms with van der Waals surface area (Å²) in [6.45, 7) is 4.99. The van der Waals surface area contributed by atoms with Gasteiger partial charge in [0.25, 0.3) is 0 Å². The molecule has 106 valence electrons. The Morgan fingerprint density at radius 2 is 2.10 bits per heavy atom. The summed E-state index contributed by atoms with van der Waals surface area (Å²) in [6, 6.07) is 8.83. The Hall–Kier alpha value is -1.32. The van der Waals surface area contributed by atoms with Crippen LogP contribution < -0.4 is 0 Å². The SMILES string of the molecule is CCn1cncc1CN(Cc1ccccc1Cl)C1CC1. The third kappa shape index (κ3) is 3.05. The second-order valence-corrected chi connectivity index (χ2v) is 5.81. The summed E-state index contributed by atoms with van der Waals surface area (Å²) in [6.07, 6.45) is 6.48. The normalized spacial score (nSPS) is 14.9. The van der Waals surface area contributed by atoms with Crippen molar-refractivity contribution in [2.45, 2.75) is 45.4 Å². The quantitative estimate of drug-likeness (QED) is 0.808. The Labute approximate surface area is 125 Å². The third-order valence-electron chi connectivity index (χ3n) is 3.90. The van der Waals surface area contributed by atoms with E-state index in [4.69, 9.17) is 11.6 Å². The lowest BCUT2D eigenvalue weighted by Gasteiger charge is -2.23. The maximum Gasteiger partial charge on any atom is 0.0948 e. The molecule has 0 atom stereocenters. The number of aryl methyl sites for hydroxylation is 1. The number of rotatable bonds is 6. The van der Waals surface area contributed by atoms with Gasteiger partial charge in [-0.1, -0.05) is 29.8 Å². The zero-order valence-electron chi connectivity index (χ0n) is 11.8. The van der Waals surface area contributed by atoms with Gasteiger partial charge in [-0.3, -0.25) is 4.90 Å². The van der Waals surface area contributed by atoms with E-state index < -0.39 is 0 Å². The molecule has 1 saturated carbocycles. The van der Waals surface area contributed by atoms with E-state index in [1.165, 1.54) is 24.1 Å². The zero-order chi connectivity index (χ0) is 13.9. The van der Waals surface area contributed by atoms with Crippen molar-refractivity contribution in [2.75, 3.05) is 0 Å². The summed E-state index contributed by atoms with van der Waals surface area (Å²) in [7, 11) is 0. The summed E-state index contributed by atoms with van der Waals surface area (Å²) in [5.41, 5.74) is 2.50. The molecule has 0 aliphatic heterocycles. The maximum absolute atomic E-state index is 6.29. The van der Waals surface area contributed by atoms with Crippen LogP contribution in [-0.4, -0.2) is 20.5 Å². The van der Waals surface area contributed by atoms with Crippen LogP contribution in [-0.2, 0) is 19.6 Å². The molecule has 0 bridgehead atoms. The molecule has 1 aromatic heterocycles. The average Bonchev–Trinajstić information content (AvgIpc) is 3.21. The van der Waals surface area contributed by atoms with Gasteiger partial charge < -0.3 is 4.57 Å². The molecular formula is C16H20ClN3. The van der Waals surface area contributed by atoms with Crippen molar-refractivity contribution in [2.24, 2.45) is 0 Å². The molecule has 0 radical (unpaired) electrons. The van der Waals surface area contributed by atoms with Crippen molar-refractivity contribution in [1.82, 2.24) is 14.5 Å². The molecule has 1 aliphatic rings. The van der Waals surface area contributed by atoms with Gasteiger partial charge in [0.05, 0.1) is 12.0 Å². The second-order valence-electron chi connectivity index (χ2n) is 5.40. The maximum atomic E-state index is 6.29. The van der Waals surface area contributed by atoms with Crippen LogP contribution in [0.25, 0.3) is 0 Å². The summed E-state index contributed by atoms with van der Waals surface area (Å²) < 4.78 is 2.21. The fourth-order valence-corrected chi connectivity index (χ4v) is 2.77. The molecule has 0 unspecified atom stereocenters. The van der Waals surface area contributed by atoms with Crippen molar-refractivity contribution in [1.29, 1.82) is 0 Å². The van der Waals surface area contributed by atoms with E-state index in [9.17, 15) is 0 Å². The first kappa shape index (κ1) is 13.7. The van der Waals surface area contributed by atoms with Gasteiger partial charge in [-0.15, -0.1) is 0 Å². The highest BCUT2D eigenvalue weighted by molar-refractivity contribution is 6.31. The average molecular weight is 290 g/mol. The lowest BCUT2D eigenvalue weighted by Crippen LogP contribution is -2.26. The van der Waals surface area contributed by atoms with Crippen LogP contribution in [0.4, 0.5) is 0 Å². The van der Waals surface area contributed by atoms with Gasteiger partial charge in [-0.05, 0) is 31.4 Å². The topological polar surface area (TPSA) is 21.1 Å². The highest BCUT2D eigenvalue weighted by atomic mass is 35.5. The smallest absolute Gasteiger partial charge is 0.0948 e. The number of halogens is 1. The minimum atomic E-state index is 0.700. The molecule has 4 heteroatoms. The number of nitrogens with zero attached hydrogens (tertiary/aromatic N) is 3. The summed E-state index contributed by atoms with van der Waals surface area (Å²) in [5, 5.41) is 0.863. The number of imidazole rings is 1. The first-order valence-corrected chi connectivity index (χ1v) is 7.62. The summed E-state index contributed by atoms with van der Waals surface area (Å²) in [5.74, 6) is 0. The molecule has 0 amide bonds. The molecule has 0 saturated heterocycles. The Kier molecular flexibility index (Phi) is 4.08. The van der Waals surface area contributed by atoms with Crippen molar-refractivity contribution in [3.63, 3.8) is 0 Å². The van der Waals surface area contributed by atoms with E-state index in [-0.39, 0.29) is 0 Å². The molecule has 2 aromatic rings. The summed E-state index contributed by atoms with van der Waals surface area (Å²) >= 11 is 6.29. The fraction of sp³-hybridized carbons (Fsp3) is 0.438. The molecule has 20 heavy (non-hydrogen) atoms. The van der Waals surface area contributed by atoms with Gasteiger partial charge in [-0.2, -0.15) is 0 Å². The lowest BCUT2D eigenvalue weighted by molar-refractivity contribution is 0.239. The number of hydrogen-bond acceptors (Lipinski definition) is 2. The molecule has 1 aliphatic carbocycles. The minimum absolute atomic E-state index is 0.700. The van der Waals surface area contributed by atoms with Gasteiger partial charge in [0.15, 0.2) is 0 Å². The third-order valence-corrected chi connectivity index (χ3v) is 4.27. The predicted octanol–water partition coefficient (Wildman–Crippen LogP) is 3.72. The molecule has 1 aromatic carbocycles. The molecule has 0 N–H and O–H groups in total. The number of benzene rings is 1. The van der Waals surface area contributed by atoms with E-state index in [1.54, 1.807) is 0 Å². The largest absolute Gasteiger partial charge is 0.334 e. The highest BCUT2D eigenvalue weighted by Gasteiger charge is 2.29. The van der Waals surface area contributed by atoms with Gasteiger partial charge >= 0.3 is 0 Å². The Morgan fingerprint density at radius 1 is 1.30 bits per heavy atom. The Bertz CT molecular complexity index is 575. The van der Waals surface area contributed by atoms with E-state index in [2.05, 4.69) is 33.5 Å². The number of aromatic nitrogens is 2. The molecule has 1 heterocycles. The van der Waals surface area contributed by atoms with E-state index in [1.807, 2.05) is 24.7 Å². The monoisotopic (exact) mass is 289 g/mol. The van der Waals surface area contributed by atoms with Gasteiger partial charge in [0, 0.05) is 36.9 Å². The van der Waals surface area contributed by atoms with E-state index in [0.717, 1.165) is 24.7 Å². The number of hydrogen-bond donors (Lipinski definition) is 0. The van der Waals surface area contributed by atoms with Gasteiger partial charge in [-0.25, -0.2) is 4.98 Å². The van der Waals surface area contributed by atoms with Crippen LogP contribution in [0.3, 0.4) is 0 Å². The van der Waals surface area contributed by atoms with Gasteiger partial charge in [0.2, 0.25) is 0 Å². The minimum Gasteiger partial charge on any atom is -0.334 e. The van der Waals surface area contributed by atoms with Crippen LogP contribution in [0.2, 0.25) is 5.02 Å². The summed E-state index contributed by atoms with van der Waals surface area (Å²) in [4.78, 5) is 6.78. The van der Waals surface area contributed by atoms with Crippen LogP contribution in [0.5, 0.6) is 0 Å². The molecule has 3 rings (SSSR count). The van der Waals surface area contributed by atoms with Crippen LogP contribution in [0.1, 0.15) is 31.0 Å². The molecule has 3 nitrogen and oxygen atoms in total. The van der Waals surface area contributed by atoms with Crippen LogP contribution >= 0.6 is 11.6 Å². The van der Waals surface area contributed by atoms with E-state index in [0.29, 0.717) is 6.04 Å². The van der Waals surface area contributed by atoms with Crippen LogP contribution in [0.15, 0.2) is 36.8 Å². The zero-order valence-corrected chi connectivity index (χ0v) is 12.6. The molecule has 0 spiro atoms. The second kappa shape index (κ2) is 5.98.